The first kappa shape index (κ1) is 21.9. The molecule has 2 aromatic carbocycles. The van der Waals surface area contributed by atoms with Crippen molar-refractivity contribution in [1.82, 2.24) is 5.32 Å². The lowest BCUT2D eigenvalue weighted by Crippen LogP contribution is -2.46. The predicted molar refractivity (Wildman–Crippen MR) is 106 cm³/mol. The third kappa shape index (κ3) is 6.95. The maximum Gasteiger partial charge on any atom is 0.337 e. The molecule has 1 atom stereocenters. The number of ether oxygens (including phenoxy) is 3. The number of methoxy groups -OCH3 is 1. The van der Waals surface area contributed by atoms with E-state index in [1.165, 1.54) is 7.11 Å². The molecule has 0 aromatic heterocycles. The van der Waals surface area contributed by atoms with Crippen LogP contribution in [0.4, 0.5) is 0 Å². The largest absolute Gasteiger partial charge is 0.484 e. The van der Waals surface area contributed by atoms with Crippen LogP contribution < -0.4 is 10.1 Å². The summed E-state index contributed by atoms with van der Waals surface area (Å²) in [5.41, 5.74) is 1.13. The van der Waals surface area contributed by atoms with E-state index in [9.17, 15) is 14.4 Å². The first-order valence-electron chi connectivity index (χ1n) is 9.21. The topological polar surface area (TPSA) is 90.9 Å². The molecule has 0 heterocycles. The zero-order valence-electron chi connectivity index (χ0n) is 16.7. The van der Waals surface area contributed by atoms with E-state index in [2.05, 4.69) is 10.1 Å². The molecule has 7 heteroatoms. The molecule has 0 saturated heterocycles. The Labute approximate surface area is 170 Å². The molecular formula is C22H25NO6. The number of nitrogens with one attached hydrogen (secondary N) is 1. The van der Waals surface area contributed by atoms with Crippen LogP contribution in [0.1, 0.15) is 29.8 Å². The minimum atomic E-state index is -0.795. The highest BCUT2D eigenvalue weighted by atomic mass is 16.5. The van der Waals surface area contributed by atoms with E-state index in [4.69, 9.17) is 9.47 Å². The van der Waals surface area contributed by atoms with Gasteiger partial charge in [0.15, 0.2) is 6.61 Å². The molecule has 0 saturated carbocycles. The molecule has 1 amide bonds. The third-order valence-electron chi connectivity index (χ3n) is 4.11. The van der Waals surface area contributed by atoms with Gasteiger partial charge in [0.1, 0.15) is 18.4 Å². The first-order valence-corrected chi connectivity index (χ1v) is 9.21. The van der Waals surface area contributed by atoms with E-state index in [1.807, 2.05) is 19.9 Å². The molecule has 0 aliphatic heterocycles. The maximum absolute atomic E-state index is 12.4. The van der Waals surface area contributed by atoms with Crippen molar-refractivity contribution in [2.24, 2.45) is 5.92 Å². The number of carbonyl (C=O) groups is 3. The van der Waals surface area contributed by atoms with E-state index in [-0.39, 0.29) is 19.1 Å². The molecule has 0 unspecified atom stereocenters. The summed E-state index contributed by atoms with van der Waals surface area (Å²) in [4.78, 5) is 36.0. The smallest absolute Gasteiger partial charge is 0.337 e. The molecule has 154 valence electrons. The quantitative estimate of drug-likeness (QED) is 0.652. The molecule has 0 fully saturated rings. The SMILES string of the molecule is COC(=O)c1ccc(COC(=O)[C@@H](NC(=O)COc2ccccc2)C(C)C)cc1. The molecular weight excluding hydrogens is 374 g/mol. The molecule has 7 nitrogen and oxygen atoms in total. The predicted octanol–water partition coefficient (Wildman–Crippen LogP) is 2.74. The number of rotatable bonds is 9. The highest BCUT2D eigenvalue weighted by Crippen LogP contribution is 2.11. The molecule has 2 rings (SSSR count). The standard InChI is InChI=1S/C22H25NO6/c1-15(2)20(23-19(24)14-28-18-7-5-4-6-8-18)22(26)29-13-16-9-11-17(12-10-16)21(25)27-3/h4-12,15,20H,13-14H2,1-3H3,(H,23,24)/t20-/m0/s1. The second-order valence-corrected chi connectivity index (χ2v) is 6.69. The minimum absolute atomic E-state index is 0.0277. The first-order chi connectivity index (χ1) is 13.9. The molecule has 2 aromatic rings. The van der Waals surface area contributed by atoms with Crippen LogP contribution in [0.3, 0.4) is 0 Å². The average Bonchev–Trinajstić information content (AvgIpc) is 2.74. The van der Waals surface area contributed by atoms with Crippen molar-refractivity contribution < 1.29 is 28.6 Å². The Kier molecular flexibility index (Phi) is 8.21. The zero-order valence-corrected chi connectivity index (χ0v) is 16.7. The van der Waals surface area contributed by atoms with Crippen molar-refractivity contribution in [3.63, 3.8) is 0 Å². The lowest BCUT2D eigenvalue weighted by molar-refractivity contribution is -0.150. The van der Waals surface area contributed by atoms with Gasteiger partial charge in [-0.25, -0.2) is 9.59 Å². The lowest BCUT2D eigenvalue weighted by Gasteiger charge is -2.21. The summed E-state index contributed by atoms with van der Waals surface area (Å²) in [6.45, 7) is 3.46. The summed E-state index contributed by atoms with van der Waals surface area (Å²) in [6.07, 6.45) is 0. The van der Waals surface area contributed by atoms with Gasteiger partial charge in [-0.3, -0.25) is 4.79 Å². The number of hydrogen-bond donors (Lipinski definition) is 1. The van der Waals surface area contributed by atoms with Crippen LogP contribution >= 0.6 is 0 Å². The number of carbonyl (C=O) groups excluding carboxylic acids is 3. The Morgan fingerprint density at radius 1 is 0.966 bits per heavy atom. The monoisotopic (exact) mass is 399 g/mol. The van der Waals surface area contributed by atoms with E-state index in [0.29, 0.717) is 16.9 Å². The summed E-state index contributed by atoms with van der Waals surface area (Å²) >= 11 is 0. The third-order valence-corrected chi connectivity index (χ3v) is 4.11. The van der Waals surface area contributed by atoms with Crippen LogP contribution in [0.15, 0.2) is 54.6 Å². The highest BCUT2D eigenvalue weighted by Gasteiger charge is 2.26. The van der Waals surface area contributed by atoms with Crippen LogP contribution in [-0.2, 0) is 25.7 Å². The summed E-state index contributed by atoms with van der Waals surface area (Å²) in [7, 11) is 1.31. The molecule has 1 N–H and O–H groups in total. The van der Waals surface area contributed by atoms with Crippen molar-refractivity contribution in [1.29, 1.82) is 0 Å². The van der Waals surface area contributed by atoms with Gasteiger partial charge in [0, 0.05) is 0 Å². The van der Waals surface area contributed by atoms with Crippen molar-refractivity contribution >= 4 is 17.8 Å². The summed E-state index contributed by atoms with van der Waals surface area (Å²) in [5, 5.41) is 2.65. The second kappa shape index (κ2) is 10.8. The fourth-order valence-electron chi connectivity index (χ4n) is 2.48. The van der Waals surface area contributed by atoms with E-state index >= 15 is 0 Å². The Balaban J connectivity index is 1.86. The van der Waals surface area contributed by atoms with Crippen LogP contribution in [0.5, 0.6) is 5.75 Å². The maximum atomic E-state index is 12.4. The summed E-state index contributed by atoms with van der Waals surface area (Å²) < 4.78 is 15.4. The number of amides is 1. The molecule has 0 bridgehead atoms. The van der Waals surface area contributed by atoms with Gasteiger partial charge >= 0.3 is 11.9 Å². The second-order valence-electron chi connectivity index (χ2n) is 6.69. The van der Waals surface area contributed by atoms with Crippen LogP contribution in [-0.4, -0.2) is 37.6 Å². The van der Waals surface area contributed by atoms with Gasteiger partial charge in [0.2, 0.25) is 0 Å². The molecule has 0 radical (unpaired) electrons. The van der Waals surface area contributed by atoms with Crippen LogP contribution in [0.2, 0.25) is 0 Å². The van der Waals surface area contributed by atoms with Crippen LogP contribution in [0, 0.1) is 5.92 Å². The highest BCUT2D eigenvalue weighted by molar-refractivity contribution is 5.89. The van der Waals surface area contributed by atoms with Gasteiger partial charge in [0.05, 0.1) is 12.7 Å². The number of hydrogen-bond acceptors (Lipinski definition) is 6. The van der Waals surface area contributed by atoms with Crippen molar-refractivity contribution in [3.8, 4) is 5.75 Å². The van der Waals surface area contributed by atoms with Gasteiger partial charge in [-0.2, -0.15) is 0 Å². The van der Waals surface area contributed by atoms with Crippen molar-refractivity contribution in [2.45, 2.75) is 26.5 Å². The molecule has 29 heavy (non-hydrogen) atoms. The Bertz CT molecular complexity index is 817. The number of benzene rings is 2. The fraction of sp³-hybridized carbons (Fsp3) is 0.318. The van der Waals surface area contributed by atoms with Gasteiger partial charge in [-0.15, -0.1) is 0 Å². The Morgan fingerprint density at radius 2 is 1.62 bits per heavy atom. The van der Waals surface area contributed by atoms with Gasteiger partial charge < -0.3 is 19.5 Å². The van der Waals surface area contributed by atoms with Gasteiger partial charge in [0.25, 0.3) is 5.91 Å². The lowest BCUT2D eigenvalue weighted by atomic mass is 10.0. The molecule has 0 aliphatic carbocycles. The van der Waals surface area contributed by atoms with Crippen LogP contribution in [0.25, 0.3) is 0 Å². The van der Waals surface area contributed by atoms with Crippen molar-refractivity contribution in [3.05, 3.63) is 65.7 Å². The van der Waals surface area contributed by atoms with Crippen molar-refractivity contribution in [2.75, 3.05) is 13.7 Å². The van der Waals surface area contributed by atoms with E-state index < -0.39 is 23.9 Å². The fourth-order valence-corrected chi connectivity index (χ4v) is 2.48. The Morgan fingerprint density at radius 3 is 2.21 bits per heavy atom. The number of esters is 2. The average molecular weight is 399 g/mol. The molecule has 0 aliphatic rings. The van der Waals surface area contributed by atoms with E-state index in [1.54, 1.807) is 48.5 Å². The summed E-state index contributed by atoms with van der Waals surface area (Å²) in [5.74, 6) is -0.975. The van der Waals surface area contributed by atoms with Gasteiger partial charge in [-0.05, 0) is 35.7 Å². The number of para-hydroxylation sites is 1. The van der Waals surface area contributed by atoms with E-state index in [0.717, 1.165) is 0 Å². The summed E-state index contributed by atoms with van der Waals surface area (Å²) in [6, 6.07) is 14.7. The minimum Gasteiger partial charge on any atom is -0.484 e. The van der Waals surface area contributed by atoms with Gasteiger partial charge in [-0.1, -0.05) is 44.2 Å². The zero-order chi connectivity index (χ0) is 21.2. The Hall–Kier alpha value is -3.35. The molecule has 0 spiro atoms. The normalized spacial score (nSPS) is 11.4.